The first-order valence-corrected chi connectivity index (χ1v) is 5.14. The molecule has 0 bridgehead atoms. The van der Waals surface area contributed by atoms with E-state index in [1.807, 2.05) is 0 Å². The van der Waals surface area contributed by atoms with E-state index in [2.05, 4.69) is 15.9 Å². The number of aliphatic hydroxyl groups excluding tert-OH is 1. The smallest absolute Gasteiger partial charge is 0.166 e. The summed E-state index contributed by atoms with van der Waals surface area (Å²) in [4.78, 5) is 0. The Hall–Kier alpha value is -0.680. The number of hydrogen-bond acceptors (Lipinski definition) is 2. The van der Waals surface area contributed by atoms with Crippen molar-refractivity contribution in [3.8, 4) is 5.75 Å². The Morgan fingerprint density at radius 3 is 2.60 bits per heavy atom. The van der Waals surface area contributed by atoms with Gasteiger partial charge in [-0.2, -0.15) is 0 Å². The Morgan fingerprint density at radius 2 is 2.13 bits per heavy atom. The highest BCUT2D eigenvalue weighted by Crippen LogP contribution is 2.35. The second-order valence-electron chi connectivity index (χ2n) is 3.18. The van der Waals surface area contributed by atoms with Crippen molar-refractivity contribution in [2.75, 3.05) is 13.7 Å². The summed E-state index contributed by atoms with van der Waals surface area (Å²) in [5.74, 6) is -1.93. The largest absolute Gasteiger partial charge is 0.493 e. The Labute approximate surface area is 95.0 Å². The monoisotopic (exact) mass is 280 g/mol. The fourth-order valence-corrected chi connectivity index (χ4v) is 1.75. The maximum absolute atomic E-state index is 13.7. The van der Waals surface area contributed by atoms with E-state index < -0.39 is 17.6 Å². The van der Waals surface area contributed by atoms with Gasteiger partial charge in [0.25, 0.3) is 0 Å². The molecule has 1 atom stereocenters. The molecule has 1 N–H and O–H groups in total. The van der Waals surface area contributed by atoms with Crippen molar-refractivity contribution < 1.29 is 18.6 Å². The maximum Gasteiger partial charge on any atom is 0.166 e. The van der Waals surface area contributed by atoms with Crippen LogP contribution < -0.4 is 4.74 Å². The molecule has 0 aliphatic carbocycles. The summed E-state index contributed by atoms with van der Waals surface area (Å²) in [5.41, 5.74) is 0.0480. The fourth-order valence-electron chi connectivity index (χ4n) is 1.34. The van der Waals surface area contributed by atoms with Gasteiger partial charge in [0.15, 0.2) is 11.6 Å². The van der Waals surface area contributed by atoms with Crippen molar-refractivity contribution in [3.05, 3.63) is 27.7 Å². The summed E-state index contributed by atoms with van der Waals surface area (Å²) >= 11 is 2.91. The van der Waals surface area contributed by atoms with Crippen LogP contribution in [0.1, 0.15) is 18.4 Å². The first-order chi connectivity index (χ1) is 7.02. The predicted molar refractivity (Wildman–Crippen MR) is 56.1 cm³/mol. The lowest BCUT2D eigenvalue weighted by atomic mass is 10.00. The average Bonchev–Trinajstić information content (AvgIpc) is 2.21. The van der Waals surface area contributed by atoms with Gasteiger partial charge < -0.3 is 9.84 Å². The normalized spacial score (nSPS) is 12.7. The molecule has 0 radical (unpaired) electrons. The van der Waals surface area contributed by atoms with Gasteiger partial charge in [-0.15, -0.1) is 0 Å². The van der Waals surface area contributed by atoms with Crippen LogP contribution >= 0.6 is 15.9 Å². The van der Waals surface area contributed by atoms with Crippen molar-refractivity contribution in [1.29, 1.82) is 0 Å². The first-order valence-electron chi connectivity index (χ1n) is 4.35. The van der Waals surface area contributed by atoms with Crippen molar-refractivity contribution in [1.82, 2.24) is 0 Å². The minimum atomic E-state index is -0.652. The van der Waals surface area contributed by atoms with Crippen LogP contribution in [0.5, 0.6) is 5.75 Å². The molecule has 0 aromatic heterocycles. The summed E-state index contributed by atoms with van der Waals surface area (Å²) in [7, 11) is 1.26. The molecule has 0 aliphatic heterocycles. The van der Waals surface area contributed by atoms with Gasteiger partial charge in [-0.1, -0.05) is 6.92 Å². The van der Waals surface area contributed by atoms with E-state index in [0.717, 1.165) is 6.07 Å². The summed E-state index contributed by atoms with van der Waals surface area (Å²) < 4.78 is 31.9. The van der Waals surface area contributed by atoms with Crippen LogP contribution in [0.2, 0.25) is 0 Å². The van der Waals surface area contributed by atoms with E-state index in [9.17, 15) is 8.78 Å². The van der Waals surface area contributed by atoms with E-state index >= 15 is 0 Å². The molecule has 0 saturated heterocycles. The molecule has 0 saturated carbocycles. The maximum atomic E-state index is 13.7. The number of halogens is 3. The standard InChI is InChI=1S/C10H11BrF2O2/c1-5(4-14)8-9(13)6(11)3-7(12)10(8)15-2/h3,5,14H,4H2,1-2H3. The van der Waals surface area contributed by atoms with Crippen LogP contribution in [-0.2, 0) is 0 Å². The second kappa shape index (κ2) is 4.90. The minimum absolute atomic E-state index is 0.0242. The Morgan fingerprint density at radius 1 is 1.53 bits per heavy atom. The number of hydrogen-bond donors (Lipinski definition) is 1. The van der Waals surface area contributed by atoms with Gasteiger partial charge >= 0.3 is 0 Å². The number of rotatable bonds is 3. The molecular formula is C10H11BrF2O2. The number of benzene rings is 1. The summed E-state index contributed by atoms with van der Waals surface area (Å²) in [6, 6.07) is 1.00. The quantitative estimate of drug-likeness (QED) is 0.863. The average molecular weight is 281 g/mol. The molecular weight excluding hydrogens is 270 g/mol. The first kappa shape index (κ1) is 12.4. The summed E-state index contributed by atoms with van der Waals surface area (Å²) in [6.07, 6.45) is 0. The molecule has 1 unspecified atom stereocenters. The topological polar surface area (TPSA) is 29.5 Å². The molecule has 1 rings (SSSR count). The third-order valence-corrected chi connectivity index (χ3v) is 2.71. The molecule has 84 valence electrons. The van der Waals surface area contributed by atoms with Gasteiger partial charge in [0.2, 0.25) is 0 Å². The van der Waals surface area contributed by atoms with Crippen LogP contribution in [0, 0.1) is 11.6 Å². The van der Waals surface area contributed by atoms with Gasteiger partial charge in [-0.05, 0) is 22.0 Å². The zero-order chi connectivity index (χ0) is 11.6. The molecule has 0 aliphatic rings. The van der Waals surface area contributed by atoms with Crippen LogP contribution in [0.15, 0.2) is 10.5 Å². The van der Waals surface area contributed by atoms with Crippen molar-refractivity contribution >= 4 is 15.9 Å². The SMILES string of the molecule is COc1c(F)cc(Br)c(F)c1C(C)CO. The van der Waals surface area contributed by atoms with E-state index in [4.69, 9.17) is 9.84 Å². The highest BCUT2D eigenvalue weighted by atomic mass is 79.9. The Balaban J connectivity index is 3.43. The predicted octanol–water partition coefficient (Wildman–Crippen LogP) is 2.83. The van der Waals surface area contributed by atoms with E-state index in [0.29, 0.717) is 0 Å². The van der Waals surface area contributed by atoms with Crippen molar-refractivity contribution in [2.45, 2.75) is 12.8 Å². The Kier molecular flexibility index (Phi) is 4.04. The number of methoxy groups -OCH3 is 1. The molecule has 0 heterocycles. The second-order valence-corrected chi connectivity index (χ2v) is 4.04. The molecule has 2 nitrogen and oxygen atoms in total. The summed E-state index contributed by atoms with van der Waals surface area (Å²) in [5, 5.41) is 8.95. The lowest BCUT2D eigenvalue weighted by molar-refractivity contribution is 0.265. The van der Waals surface area contributed by atoms with Gasteiger partial charge in [-0.3, -0.25) is 0 Å². The third-order valence-electron chi connectivity index (χ3n) is 2.13. The third kappa shape index (κ3) is 2.29. The molecule has 0 fully saturated rings. The molecule has 5 heteroatoms. The lowest BCUT2D eigenvalue weighted by Crippen LogP contribution is -2.07. The van der Waals surface area contributed by atoms with Gasteiger partial charge in [0, 0.05) is 18.1 Å². The molecule has 0 spiro atoms. The number of ether oxygens (including phenoxy) is 1. The van der Waals surface area contributed by atoms with E-state index in [1.54, 1.807) is 6.92 Å². The highest BCUT2D eigenvalue weighted by molar-refractivity contribution is 9.10. The van der Waals surface area contributed by atoms with Crippen LogP contribution in [0.4, 0.5) is 8.78 Å². The molecule has 15 heavy (non-hydrogen) atoms. The lowest BCUT2D eigenvalue weighted by Gasteiger charge is -2.16. The minimum Gasteiger partial charge on any atom is -0.493 e. The van der Waals surface area contributed by atoms with E-state index in [1.165, 1.54) is 7.11 Å². The zero-order valence-corrected chi connectivity index (χ0v) is 9.94. The van der Waals surface area contributed by atoms with Gasteiger partial charge in [0.1, 0.15) is 5.82 Å². The Bertz CT molecular complexity index is 369. The van der Waals surface area contributed by atoms with E-state index in [-0.39, 0.29) is 22.4 Å². The van der Waals surface area contributed by atoms with Crippen LogP contribution in [-0.4, -0.2) is 18.8 Å². The number of aliphatic hydroxyl groups is 1. The zero-order valence-electron chi connectivity index (χ0n) is 8.35. The molecule has 0 amide bonds. The van der Waals surface area contributed by atoms with Gasteiger partial charge in [-0.25, -0.2) is 8.78 Å². The molecule has 1 aromatic rings. The van der Waals surface area contributed by atoms with Gasteiger partial charge in [0.05, 0.1) is 11.6 Å². The fraction of sp³-hybridized carbons (Fsp3) is 0.400. The van der Waals surface area contributed by atoms with Crippen LogP contribution in [0.3, 0.4) is 0 Å². The van der Waals surface area contributed by atoms with Crippen molar-refractivity contribution in [2.24, 2.45) is 0 Å². The molecule has 1 aromatic carbocycles. The van der Waals surface area contributed by atoms with Crippen molar-refractivity contribution in [3.63, 3.8) is 0 Å². The summed E-state index contributed by atoms with van der Waals surface area (Å²) in [6.45, 7) is 1.32. The highest BCUT2D eigenvalue weighted by Gasteiger charge is 2.22. The van der Waals surface area contributed by atoms with Crippen LogP contribution in [0.25, 0.3) is 0 Å².